The molecule has 1 rings (SSSR count). The molecule has 1 aliphatic rings. The number of carbonyl (C=O) groups is 3. The van der Waals surface area contributed by atoms with Crippen molar-refractivity contribution in [3.05, 3.63) is 35.5 Å². The van der Waals surface area contributed by atoms with Crippen LogP contribution in [0, 0.1) is 5.41 Å². The lowest BCUT2D eigenvalue weighted by atomic mass is 9.64. The highest BCUT2D eigenvalue weighted by Gasteiger charge is 2.46. The Bertz CT molecular complexity index is 810. The zero-order chi connectivity index (χ0) is 23.7. The van der Waals surface area contributed by atoms with E-state index in [4.69, 9.17) is 13.3 Å². The van der Waals surface area contributed by atoms with Gasteiger partial charge < -0.3 is 15.5 Å². The normalized spacial score (nSPS) is 30.1. The summed E-state index contributed by atoms with van der Waals surface area (Å²) in [5.74, 6) is -2.72. The molecule has 6 nitrogen and oxygen atoms in total. The Morgan fingerprint density at radius 3 is 2.62 bits per heavy atom. The number of aliphatic hydroxyl groups is 1. The Balaban J connectivity index is 3.48. The van der Waals surface area contributed by atoms with Crippen LogP contribution in [0.4, 0.5) is 0 Å². The first-order chi connectivity index (χ1) is 13.4. The molecule has 0 fully saturated rings. The number of allylic oxidation sites excluding steroid dienone is 3. The number of hydrogen-bond acceptors (Lipinski definition) is 4. The number of rotatable bonds is 5. The van der Waals surface area contributed by atoms with Crippen molar-refractivity contribution in [2.45, 2.75) is 52.5 Å². The lowest BCUT2D eigenvalue weighted by molar-refractivity contribution is -0.140. The van der Waals surface area contributed by atoms with Gasteiger partial charge in [0.25, 0.3) is 0 Å². The van der Waals surface area contributed by atoms with E-state index < -0.39 is 54.8 Å². The average molecular weight is 341 g/mol. The molecule has 0 aliphatic heterocycles. The molecule has 3 N–H and O–H groups in total. The molecule has 0 aromatic rings. The van der Waals surface area contributed by atoms with Crippen molar-refractivity contribution >= 4 is 17.7 Å². The van der Waals surface area contributed by atoms with E-state index in [2.05, 4.69) is 5.32 Å². The third-order valence-electron chi connectivity index (χ3n) is 3.74. The van der Waals surface area contributed by atoms with Crippen molar-refractivity contribution in [3.63, 3.8) is 0 Å². The highest BCUT2D eigenvalue weighted by Crippen LogP contribution is 2.44. The molecule has 1 amide bonds. The van der Waals surface area contributed by atoms with E-state index in [0.29, 0.717) is 0 Å². The van der Waals surface area contributed by atoms with Crippen molar-refractivity contribution < 1.29 is 32.8 Å². The first-order valence-electron chi connectivity index (χ1n) is 10.2. The maximum absolute atomic E-state index is 12.1. The minimum atomic E-state index is -3.23. The summed E-state index contributed by atoms with van der Waals surface area (Å²) < 4.78 is 47.1. The standard InChI is InChI=1S/C18H25NO5/c1-11(8-15(21)19-13(3)16(22)23)6-7-18(24)12(2)9-14(20)10-17(18,4)5/h6-9,13,24H,10H2,1-5H3,(H,19,21)(H,22,23)/b7-6+,11-8-/t13-,18+/m0/s1/i4D3,5D3. The van der Waals surface area contributed by atoms with Gasteiger partial charge in [0.1, 0.15) is 11.6 Å². The molecular formula is C18H25NO5. The van der Waals surface area contributed by atoms with Gasteiger partial charge in [0.05, 0.1) is 0 Å². The van der Waals surface area contributed by atoms with Gasteiger partial charge >= 0.3 is 5.97 Å². The molecule has 132 valence electrons. The van der Waals surface area contributed by atoms with Gasteiger partial charge in [-0.05, 0) is 44.1 Å². The smallest absolute Gasteiger partial charge is 0.325 e. The van der Waals surface area contributed by atoms with Crippen molar-refractivity contribution in [2.75, 3.05) is 0 Å². The van der Waals surface area contributed by atoms with Crippen LogP contribution in [0.25, 0.3) is 0 Å². The van der Waals surface area contributed by atoms with E-state index in [1.165, 1.54) is 20.8 Å². The van der Waals surface area contributed by atoms with Gasteiger partial charge in [0.15, 0.2) is 5.78 Å². The lowest BCUT2D eigenvalue weighted by Crippen LogP contribution is -2.48. The predicted octanol–water partition coefficient (Wildman–Crippen LogP) is 1.75. The van der Waals surface area contributed by atoms with Crippen LogP contribution in [-0.4, -0.2) is 39.5 Å². The summed E-state index contributed by atoms with van der Waals surface area (Å²) in [5.41, 5.74) is -5.29. The minimum absolute atomic E-state index is 0.154. The predicted molar refractivity (Wildman–Crippen MR) is 90.2 cm³/mol. The van der Waals surface area contributed by atoms with E-state index in [0.717, 1.165) is 24.3 Å². The van der Waals surface area contributed by atoms with Gasteiger partial charge in [-0.15, -0.1) is 0 Å². The zero-order valence-corrected chi connectivity index (χ0v) is 13.7. The number of nitrogens with one attached hydrogen (secondary N) is 1. The highest BCUT2D eigenvalue weighted by molar-refractivity contribution is 5.93. The highest BCUT2D eigenvalue weighted by atomic mass is 16.4. The molecule has 0 bridgehead atoms. The molecule has 6 heteroatoms. The maximum atomic E-state index is 12.1. The number of amides is 1. The van der Waals surface area contributed by atoms with Crippen LogP contribution < -0.4 is 5.32 Å². The number of carbonyl (C=O) groups excluding carboxylic acids is 2. The Morgan fingerprint density at radius 2 is 2.08 bits per heavy atom. The van der Waals surface area contributed by atoms with Crippen LogP contribution in [0.1, 0.15) is 49.1 Å². The summed E-state index contributed by atoms with van der Waals surface area (Å²) in [6, 6.07) is -1.15. The van der Waals surface area contributed by atoms with E-state index in [1.54, 1.807) is 0 Å². The molecule has 1 aliphatic carbocycles. The molecule has 24 heavy (non-hydrogen) atoms. The number of hydrogen-bond donors (Lipinski definition) is 3. The van der Waals surface area contributed by atoms with Crippen LogP contribution in [0.3, 0.4) is 0 Å². The lowest BCUT2D eigenvalue weighted by Gasteiger charge is -2.44. The van der Waals surface area contributed by atoms with Crippen molar-refractivity contribution in [1.82, 2.24) is 5.32 Å². The second kappa shape index (κ2) is 7.13. The molecule has 0 saturated heterocycles. The van der Waals surface area contributed by atoms with Gasteiger partial charge in [0.2, 0.25) is 5.91 Å². The summed E-state index contributed by atoms with van der Waals surface area (Å²) >= 11 is 0. The fourth-order valence-corrected chi connectivity index (χ4v) is 2.23. The van der Waals surface area contributed by atoms with E-state index >= 15 is 0 Å². The summed E-state index contributed by atoms with van der Waals surface area (Å²) in [6.45, 7) is -2.52. The molecule has 2 atom stereocenters. The molecule has 0 heterocycles. The molecule has 0 unspecified atom stereocenters. The third-order valence-corrected chi connectivity index (χ3v) is 3.74. The first-order valence-corrected chi connectivity index (χ1v) is 7.24. The fourth-order valence-electron chi connectivity index (χ4n) is 2.23. The van der Waals surface area contributed by atoms with E-state index in [9.17, 15) is 19.5 Å². The number of carboxylic acids is 1. The minimum Gasteiger partial charge on any atom is -0.480 e. The van der Waals surface area contributed by atoms with Gasteiger partial charge in [-0.3, -0.25) is 14.4 Å². The SMILES string of the molecule is [2H]C([2H])([2H])C1(C([2H])([2H])[2H])CC(=O)C=C(C)[C@]1(O)/C=C/C(C)=C\C(=O)N[C@@H](C)C(=O)O. The zero-order valence-electron chi connectivity index (χ0n) is 19.7. The van der Waals surface area contributed by atoms with Gasteiger partial charge in [-0.1, -0.05) is 19.8 Å². The van der Waals surface area contributed by atoms with Gasteiger partial charge in [0, 0.05) is 26.1 Å². The Morgan fingerprint density at radius 1 is 1.46 bits per heavy atom. The topological polar surface area (TPSA) is 104 Å². The average Bonchev–Trinajstić information content (AvgIpc) is 2.53. The van der Waals surface area contributed by atoms with Gasteiger partial charge in [-0.2, -0.15) is 0 Å². The molecular weight excluding hydrogens is 310 g/mol. The molecule has 0 radical (unpaired) electrons. The summed E-state index contributed by atoms with van der Waals surface area (Å²) in [6.07, 6.45) is 3.20. The summed E-state index contributed by atoms with van der Waals surface area (Å²) in [4.78, 5) is 34.8. The van der Waals surface area contributed by atoms with E-state index in [1.807, 2.05) is 0 Å². The number of carboxylic acid groups (broad SMARTS) is 1. The molecule has 0 saturated carbocycles. The first kappa shape index (κ1) is 12.2. The summed E-state index contributed by atoms with van der Waals surface area (Å²) in [5, 5.41) is 22.3. The van der Waals surface area contributed by atoms with Crippen LogP contribution >= 0.6 is 0 Å². The van der Waals surface area contributed by atoms with Crippen LogP contribution in [0.15, 0.2) is 35.5 Å². The van der Waals surface area contributed by atoms with Crippen LogP contribution in [0.2, 0.25) is 0 Å². The van der Waals surface area contributed by atoms with Crippen molar-refractivity contribution in [3.8, 4) is 0 Å². The summed E-state index contributed by atoms with van der Waals surface area (Å²) in [7, 11) is 0. The third kappa shape index (κ3) is 4.41. The largest absolute Gasteiger partial charge is 0.480 e. The second-order valence-corrected chi connectivity index (χ2v) is 5.93. The molecule has 0 aromatic carbocycles. The maximum Gasteiger partial charge on any atom is 0.325 e. The van der Waals surface area contributed by atoms with Gasteiger partial charge in [-0.25, -0.2) is 0 Å². The molecule has 0 aromatic heterocycles. The van der Waals surface area contributed by atoms with Crippen molar-refractivity contribution in [2.24, 2.45) is 5.41 Å². The molecule has 0 spiro atoms. The monoisotopic (exact) mass is 341 g/mol. The number of aliphatic carboxylic acids is 1. The van der Waals surface area contributed by atoms with E-state index in [-0.39, 0.29) is 11.1 Å². The van der Waals surface area contributed by atoms with Crippen LogP contribution in [0.5, 0.6) is 0 Å². The quantitative estimate of drug-likeness (QED) is 0.522. The van der Waals surface area contributed by atoms with Crippen molar-refractivity contribution in [1.29, 1.82) is 0 Å². The fraction of sp³-hybridized carbons (Fsp3) is 0.500. The Hall–Kier alpha value is -2.21. The Kier molecular flexibility index (Phi) is 3.62. The number of ketones is 1. The second-order valence-electron chi connectivity index (χ2n) is 5.93. The Labute approximate surface area is 150 Å². The van der Waals surface area contributed by atoms with Crippen LogP contribution in [-0.2, 0) is 14.4 Å².